The van der Waals surface area contributed by atoms with Gasteiger partial charge in [0.15, 0.2) is 0 Å². The van der Waals surface area contributed by atoms with Crippen LogP contribution >= 0.6 is 0 Å². The highest BCUT2D eigenvalue weighted by Gasteiger charge is 2.10. The molecule has 3 nitrogen and oxygen atoms in total. The van der Waals surface area contributed by atoms with E-state index in [1.54, 1.807) is 0 Å². The summed E-state index contributed by atoms with van der Waals surface area (Å²) in [6.07, 6.45) is 1.33. The number of nitrogens with one attached hydrogen (secondary N) is 1. The van der Waals surface area contributed by atoms with Gasteiger partial charge in [0.1, 0.15) is 11.3 Å². The predicted molar refractivity (Wildman–Crippen MR) is 78.3 cm³/mol. The van der Waals surface area contributed by atoms with E-state index in [-0.39, 0.29) is 6.04 Å². The fourth-order valence-electron chi connectivity index (χ4n) is 2.03. The van der Waals surface area contributed by atoms with Crippen LogP contribution in [0.15, 0.2) is 34.7 Å². The van der Waals surface area contributed by atoms with E-state index in [0.717, 1.165) is 36.3 Å². The second kappa shape index (κ2) is 6.73. The molecule has 0 saturated heterocycles. The SMILES string of the molecule is CC(C)OCCCNC(C)c1cc2ccccc2o1. The number of benzene rings is 1. The van der Waals surface area contributed by atoms with Gasteiger partial charge in [-0.2, -0.15) is 0 Å². The number of hydrogen-bond acceptors (Lipinski definition) is 3. The number of fused-ring (bicyclic) bond motifs is 1. The highest BCUT2D eigenvalue weighted by atomic mass is 16.5. The van der Waals surface area contributed by atoms with E-state index in [1.807, 2.05) is 18.2 Å². The van der Waals surface area contributed by atoms with Crippen LogP contribution in [-0.2, 0) is 4.74 Å². The predicted octanol–water partition coefficient (Wildman–Crippen LogP) is 3.90. The quantitative estimate of drug-likeness (QED) is 0.768. The van der Waals surface area contributed by atoms with Gasteiger partial charge in [0.2, 0.25) is 0 Å². The third kappa shape index (κ3) is 4.08. The Kier molecular flexibility index (Phi) is 5.00. The topological polar surface area (TPSA) is 34.4 Å². The number of para-hydroxylation sites is 1. The second-order valence-corrected chi connectivity index (χ2v) is 5.14. The summed E-state index contributed by atoms with van der Waals surface area (Å²) in [5, 5.41) is 4.62. The summed E-state index contributed by atoms with van der Waals surface area (Å²) in [5.41, 5.74) is 0.953. The minimum atomic E-state index is 0.228. The minimum absolute atomic E-state index is 0.228. The van der Waals surface area contributed by atoms with Crippen LogP contribution in [0, 0.1) is 0 Å². The van der Waals surface area contributed by atoms with E-state index in [0.29, 0.717) is 6.10 Å². The van der Waals surface area contributed by atoms with Crippen molar-refractivity contribution >= 4 is 11.0 Å². The van der Waals surface area contributed by atoms with Crippen molar-refractivity contribution in [1.29, 1.82) is 0 Å². The summed E-state index contributed by atoms with van der Waals surface area (Å²) in [6, 6.07) is 10.4. The molecule has 1 aromatic carbocycles. The van der Waals surface area contributed by atoms with Gasteiger partial charge in [-0.15, -0.1) is 0 Å². The first-order valence-corrected chi connectivity index (χ1v) is 7.00. The van der Waals surface area contributed by atoms with E-state index in [1.165, 1.54) is 0 Å². The van der Waals surface area contributed by atoms with Crippen LogP contribution in [0.4, 0.5) is 0 Å². The fourth-order valence-corrected chi connectivity index (χ4v) is 2.03. The first kappa shape index (κ1) is 14.1. The van der Waals surface area contributed by atoms with Gasteiger partial charge in [-0.1, -0.05) is 18.2 Å². The molecule has 0 saturated carbocycles. The molecular formula is C16H23NO2. The lowest BCUT2D eigenvalue weighted by Crippen LogP contribution is -2.21. The van der Waals surface area contributed by atoms with Crippen molar-refractivity contribution in [3.63, 3.8) is 0 Å². The first-order chi connectivity index (χ1) is 9.16. The molecule has 1 atom stereocenters. The van der Waals surface area contributed by atoms with Crippen LogP contribution in [0.25, 0.3) is 11.0 Å². The number of rotatable bonds is 7. The molecule has 0 aliphatic heterocycles. The van der Waals surface area contributed by atoms with E-state index in [4.69, 9.17) is 9.15 Å². The molecule has 0 amide bonds. The third-order valence-electron chi connectivity index (χ3n) is 3.09. The van der Waals surface area contributed by atoms with Gasteiger partial charge in [-0.25, -0.2) is 0 Å². The average molecular weight is 261 g/mol. The Hall–Kier alpha value is -1.32. The van der Waals surface area contributed by atoms with Gasteiger partial charge < -0.3 is 14.5 Å². The van der Waals surface area contributed by atoms with Gasteiger partial charge >= 0.3 is 0 Å². The van der Waals surface area contributed by atoms with Crippen molar-refractivity contribution in [3.8, 4) is 0 Å². The fraction of sp³-hybridized carbons (Fsp3) is 0.500. The molecule has 0 fully saturated rings. The van der Waals surface area contributed by atoms with Crippen LogP contribution in [0.2, 0.25) is 0 Å². The van der Waals surface area contributed by atoms with Gasteiger partial charge in [0.25, 0.3) is 0 Å². The lowest BCUT2D eigenvalue weighted by molar-refractivity contribution is 0.0767. The Labute approximate surface area is 114 Å². The Bertz CT molecular complexity index is 471. The molecule has 1 unspecified atom stereocenters. The van der Waals surface area contributed by atoms with Crippen molar-refractivity contribution in [2.75, 3.05) is 13.2 Å². The van der Waals surface area contributed by atoms with Crippen LogP contribution in [0.3, 0.4) is 0 Å². The monoisotopic (exact) mass is 261 g/mol. The molecule has 3 heteroatoms. The lowest BCUT2D eigenvalue weighted by Gasteiger charge is -2.12. The van der Waals surface area contributed by atoms with Crippen molar-refractivity contribution in [2.24, 2.45) is 0 Å². The Morgan fingerprint density at radius 1 is 1.21 bits per heavy atom. The number of ether oxygens (including phenoxy) is 1. The summed E-state index contributed by atoms with van der Waals surface area (Å²) in [7, 11) is 0. The van der Waals surface area contributed by atoms with Gasteiger partial charge in [-0.05, 0) is 45.9 Å². The second-order valence-electron chi connectivity index (χ2n) is 5.14. The van der Waals surface area contributed by atoms with Crippen LogP contribution in [0.5, 0.6) is 0 Å². The third-order valence-corrected chi connectivity index (χ3v) is 3.09. The summed E-state index contributed by atoms with van der Waals surface area (Å²) in [4.78, 5) is 0. The lowest BCUT2D eigenvalue weighted by atomic mass is 10.2. The Morgan fingerprint density at radius 3 is 2.74 bits per heavy atom. The standard InChI is InChI=1S/C16H23NO2/c1-12(2)18-10-6-9-17-13(3)16-11-14-7-4-5-8-15(14)19-16/h4-5,7-8,11-13,17H,6,9-10H2,1-3H3. The molecule has 2 rings (SSSR count). The molecule has 1 aromatic heterocycles. The summed E-state index contributed by atoms with van der Waals surface area (Å²) in [6.45, 7) is 7.98. The van der Waals surface area contributed by atoms with Crippen LogP contribution < -0.4 is 5.32 Å². The molecule has 0 bridgehead atoms. The normalized spacial score (nSPS) is 13.3. The van der Waals surface area contributed by atoms with Crippen molar-refractivity contribution in [2.45, 2.75) is 39.3 Å². The molecule has 1 N–H and O–H groups in total. The maximum atomic E-state index is 5.83. The average Bonchev–Trinajstić information content (AvgIpc) is 2.81. The summed E-state index contributed by atoms with van der Waals surface area (Å²) < 4.78 is 11.3. The Balaban J connectivity index is 1.81. The van der Waals surface area contributed by atoms with E-state index in [2.05, 4.69) is 38.2 Å². The minimum Gasteiger partial charge on any atom is -0.459 e. The first-order valence-electron chi connectivity index (χ1n) is 7.00. The van der Waals surface area contributed by atoms with Gasteiger partial charge in [-0.3, -0.25) is 0 Å². The maximum Gasteiger partial charge on any atom is 0.134 e. The van der Waals surface area contributed by atoms with Gasteiger partial charge in [0.05, 0.1) is 12.1 Å². The molecule has 0 aliphatic rings. The highest BCUT2D eigenvalue weighted by molar-refractivity contribution is 5.77. The molecule has 104 valence electrons. The van der Waals surface area contributed by atoms with Crippen LogP contribution in [-0.4, -0.2) is 19.3 Å². The number of hydrogen-bond donors (Lipinski definition) is 1. The Morgan fingerprint density at radius 2 is 2.00 bits per heavy atom. The maximum absolute atomic E-state index is 5.83. The van der Waals surface area contributed by atoms with E-state index < -0.39 is 0 Å². The van der Waals surface area contributed by atoms with Gasteiger partial charge in [0, 0.05) is 12.0 Å². The molecular weight excluding hydrogens is 238 g/mol. The zero-order chi connectivity index (χ0) is 13.7. The molecule has 19 heavy (non-hydrogen) atoms. The smallest absolute Gasteiger partial charge is 0.134 e. The zero-order valence-electron chi connectivity index (χ0n) is 12.0. The largest absolute Gasteiger partial charge is 0.459 e. The number of furan rings is 1. The van der Waals surface area contributed by atoms with Crippen LogP contribution in [0.1, 0.15) is 39.0 Å². The van der Waals surface area contributed by atoms with E-state index in [9.17, 15) is 0 Å². The molecule has 2 aromatic rings. The van der Waals surface area contributed by atoms with Crippen molar-refractivity contribution in [1.82, 2.24) is 5.32 Å². The molecule has 0 spiro atoms. The van der Waals surface area contributed by atoms with Crippen molar-refractivity contribution in [3.05, 3.63) is 36.1 Å². The molecule has 1 heterocycles. The molecule has 0 aliphatic carbocycles. The van der Waals surface area contributed by atoms with E-state index >= 15 is 0 Å². The zero-order valence-corrected chi connectivity index (χ0v) is 12.0. The summed E-state index contributed by atoms with van der Waals surface area (Å²) in [5.74, 6) is 0.992. The van der Waals surface area contributed by atoms with Crippen molar-refractivity contribution < 1.29 is 9.15 Å². The highest BCUT2D eigenvalue weighted by Crippen LogP contribution is 2.23. The molecule has 0 radical (unpaired) electrons. The summed E-state index contributed by atoms with van der Waals surface area (Å²) >= 11 is 0.